The number of furan rings is 1. The minimum atomic E-state index is -0.832. The molecule has 0 aliphatic carbocycles. The van der Waals surface area contributed by atoms with E-state index >= 15 is 0 Å². The summed E-state index contributed by atoms with van der Waals surface area (Å²) in [5.74, 6) is 0.873. The molecular weight excluding hydrogens is 428 g/mol. The van der Waals surface area contributed by atoms with Gasteiger partial charge in [-0.25, -0.2) is 0 Å². The average Bonchev–Trinajstić information content (AvgIpc) is 3.15. The van der Waals surface area contributed by atoms with Crippen LogP contribution in [0.2, 0.25) is 0 Å². The highest BCUT2D eigenvalue weighted by atomic mass is 16.6. The highest BCUT2D eigenvalue weighted by Gasteiger charge is 2.24. The standard InChI is InChI=1S/C25H28O8/c1-14(26)23-19-11-17(7-6-10-31-15(2)27)12-22(30-5)25(19)33-24(23)18-8-9-20(32-16(3)28)21(13-18)29-4/h8-9,11-14,26H,6-7,10H2,1-5H3. The number of benzene rings is 2. The number of aliphatic hydroxyl groups excluding tert-OH is 1. The topological polar surface area (TPSA) is 104 Å². The number of carbonyl (C=O) groups is 2. The molecule has 0 aliphatic heterocycles. The van der Waals surface area contributed by atoms with Gasteiger partial charge in [-0.3, -0.25) is 9.59 Å². The van der Waals surface area contributed by atoms with Crippen molar-refractivity contribution < 1.29 is 38.1 Å². The van der Waals surface area contributed by atoms with E-state index in [0.717, 1.165) is 10.9 Å². The summed E-state index contributed by atoms with van der Waals surface area (Å²) in [6, 6.07) is 8.86. The molecule has 0 saturated heterocycles. The Morgan fingerprint density at radius 2 is 1.73 bits per heavy atom. The van der Waals surface area contributed by atoms with Crippen LogP contribution in [-0.4, -0.2) is 37.9 Å². The van der Waals surface area contributed by atoms with Crippen molar-refractivity contribution in [2.75, 3.05) is 20.8 Å². The summed E-state index contributed by atoms with van der Waals surface area (Å²) < 4.78 is 27.3. The molecule has 1 unspecified atom stereocenters. The molecule has 0 radical (unpaired) electrons. The second-order valence-electron chi connectivity index (χ2n) is 7.60. The molecule has 0 amide bonds. The molecule has 0 bridgehead atoms. The summed E-state index contributed by atoms with van der Waals surface area (Å²) >= 11 is 0. The van der Waals surface area contributed by atoms with Crippen molar-refractivity contribution in [2.45, 2.75) is 39.7 Å². The molecule has 2 aromatic carbocycles. The van der Waals surface area contributed by atoms with Gasteiger partial charge in [0, 0.05) is 30.4 Å². The van der Waals surface area contributed by atoms with E-state index in [1.54, 1.807) is 32.2 Å². The van der Waals surface area contributed by atoms with E-state index in [1.165, 1.54) is 21.0 Å². The number of rotatable bonds is 9. The van der Waals surface area contributed by atoms with Crippen molar-refractivity contribution in [3.8, 4) is 28.6 Å². The lowest BCUT2D eigenvalue weighted by Gasteiger charge is -2.11. The second-order valence-corrected chi connectivity index (χ2v) is 7.60. The zero-order chi connectivity index (χ0) is 24.1. The van der Waals surface area contributed by atoms with E-state index < -0.39 is 12.1 Å². The first-order valence-electron chi connectivity index (χ1n) is 10.6. The predicted octanol–water partition coefficient (Wildman–Crippen LogP) is 4.59. The Balaban J connectivity index is 2.08. The first kappa shape index (κ1) is 24.1. The van der Waals surface area contributed by atoms with Crippen molar-refractivity contribution in [3.63, 3.8) is 0 Å². The summed E-state index contributed by atoms with van der Waals surface area (Å²) in [4.78, 5) is 22.4. The third-order valence-electron chi connectivity index (χ3n) is 5.09. The van der Waals surface area contributed by atoms with E-state index in [-0.39, 0.29) is 11.7 Å². The highest BCUT2D eigenvalue weighted by molar-refractivity contribution is 5.93. The molecule has 1 heterocycles. The van der Waals surface area contributed by atoms with Crippen molar-refractivity contribution in [3.05, 3.63) is 41.5 Å². The van der Waals surface area contributed by atoms with Gasteiger partial charge in [0.05, 0.1) is 26.9 Å². The van der Waals surface area contributed by atoms with E-state index in [0.29, 0.717) is 53.4 Å². The second kappa shape index (κ2) is 10.4. The maximum Gasteiger partial charge on any atom is 0.308 e. The minimum absolute atomic E-state index is 0.288. The van der Waals surface area contributed by atoms with Gasteiger partial charge in [-0.05, 0) is 55.7 Å². The molecule has 0 spiro atoms. The van der Waals surface area contributed by atoms with Crippen LogP contribution < -0.4 is 14.2 Å². The lowest BCUT2D eigenvalue weighted by Crippen LogP contribution is -2.03. The smallest absolute Gasteiger partial charge is 0.308 e. The molecule has 1 aromatic heterocycles. The normalized spacial score (nSPS) is 11.8. The fraction of sp³-hybridized carbons (Fsp3) is 0.360. The van der Waals surface area contributed by atoms with Crippen LogP contribution in [0, 0.1) is 0 Å². The van der Waals surface area contributed by atoms with Crippen LogP contribution in [0.25, 0.3) is 22.3 Å². The Hall–Kier alpha value is -3.52. The van der Waals surface area contributed by atoms with Crippen molar-refractivity contribution in [1.29, 1.82) is 0 Å². The number of ether oxygens (including phenoxy) is 4. The van der Waals surface area contributed by atoms with Crippen LogP contribution in [0.4, 0.5) is 0 Å². The van der Waals surface area contributed by atoms with Gasteiger partial charge in [0.15, 0.2) is 22.8 Å². The Bertz CT molecular complexity index is 1160. The van der Waals surface area contributed by atoms with Gasteiger partial charge in [0.25, 0.3) is 0 Å². The molecule has 1 atom stereocenters. The van der Waals surface area contributed by atoms with E-state index in [2.05, 4.69) is 0 Å². The van der Waals surface area contributed by atoms with Gasteiger partial charge >= 0.3 is 11.9 Å². The maximum absolute atomic E-state index is 11.4. The zero-order valence-corrected chi connectivity index (χ0v) is 19.4. The van der Waals surface area contributed by atoms with Crippen LogP contribution in [0.3, 0.4) is 0 Å². The minimum Gasteiger partial charge on any atom is -0.493 e. The summed E-state index contributed by atoms with van der Waals surface area (Å²) in [6.45, 7) is 4.68. The fourth-order valence-electron chi connectivity index (χ4n) is 3.71. The van der Waals surface area contributed by atoms with Crippen molar-refractivity contribution in [2.24, 2.45) is 0 Å². The monoisotopic (exact) mass is 456 g/mol. The molecule has 3 rings (SSSR count). The van der Waals surface area contributed by atoms with Crippen LogP contribution in [-0.2, 0) is 20.7 Å². The largest absolute Gasteiger partial charge is 0.493 e. The van der Waals surface area contributed by atoms with E-state index in [9.17, 15) is 14.7 Å². The zero-order valence-electron chi connectivity index (χ0n) is 19.4. The van der Waals surface area contributed by atoms with Gasteiger partial charge in [0.1, 0.15) is 5.76 Å². The first-order valence-corrected chi connectivity index (χ1v) is 10.6. The summed E-state index contributed by atoms with van der Waals surface area (Å²) in [7, 11) is 3.03. The van der Waals surface area contributed by atoms with Gasteiger partial charge in [-0.15, -0.1) is 0 Å². The molecule has 176 valence electrons. The van der Waals surface area contributed by atoms with Crippen LogP contribution in [0.15, 0.2) is 34.7 Å². The molecule has 0 saturated carbocycles. The van der Waals surface area contributed by atoms with Crippen LogP contribution in [0.5, 0.6) is 17.2 Å². The number of hydrogen-bond donors (Lipinski definition) is 1. The third kappa shape index (κ3) is 5.46. The SMILES string of the molecule is COc1cc(-c2oc3c(OC)cc(CCCOC(C)=O)cc3c2C(C)O)ccc1OC(C)=O. The fourth-order valence-corrected chi connectivity index (χ4v) is 3.71. The number of aryl methyl sites for hydroxylation is 1. The summed E-state index contributed by atoms with van der Waals surface area (Å²) in [5.41, 5.74) is 2.72. The van der Waals surface area contributed by atoms with Gasteiger partial charge < -0.3 is 28.5 Å². The molecular formula is C25H28O8. The lowest BCUT2D eigenvalue weighted by atomic mass is 9.99. The molecule has 8 nitrogen and oxygen atoms in total. The van der Waals surface area contributed by atoms with E-state index in [1.807, 2.05) is 12.1 Å². The lowest BCUT2D eigenvalue weighted by molar-refractivity contribution is -0.141. The average molecular weight is 456 g/mol. The number of carbonyl (C=O) groups excluding carboxylic acids is 2. The molecule has 0 fully saturated rings. The molecule has 8 heteroatoms. The summed E-state index contributed by atoms with van der Waals surface area (Å²) in [5, 5.41) is 11.4. The van der Waals surface area contributed by atoms with Crippen molar-refractivity contribution >= 4 is 22.9 Å². The van der Waals surface area contributed by atoms with Crippen LogP contribution in [0.1, 0.15) is 44.4 Å². The molecule has 33 heavy (non-hydrogen) atoms. The molecule has 0 aliphatic rings. The quantitative estimate of drug-likeness (QED) is 0.283. The molecule has 1 N–H and O–H groups in total. The Morgan fingerprint density at radius 3 is 2.33 bits per heavy atom. The molecule has 3 aromatic rings. The number of aliphatic hydroxyl groups is 1. The first-order chi connectivity index (χ1) is 15.7. The van der Waals surface area contributed by atoms with Gasteiger partial charge in [-0.1, -0.05) is 0 Å². The van der Waals surface area contributed by atoms with E-state index in [4.69, 9.17) is 23.4 Å². The van der Waals surface area contributed by atoms with Gasteiger partial charge in [-0.2, -0.15) is 0 Å². The summed E-state index contributed by atoms with van der Waals surface area (Å²) in [6.07, 6.45) is 0.476. The Kier molecular flexibility index (Phi) is 7.60. The Labute approximate surface area is 192 Å². The predicted molar refractivity (Wildman–Crippen MR) is 122 cm³/mol. The Morgan fingerprint density at radius 1 is 1.00 bits per heavy atom. The maximum atomic E-state index is 11.4. The van der Waals surface area contributed by atoms with Crippen molar-refractivity contribution in [1.82, 2.24) is 0 Å². The van der Waals surface area contributed by atoms with Gasteiger partial charge in [0.2, 0.25) is 0 Å². The number of esters is 2. The number of fused-ring (bicyclic) bond motifs is 1. The highest BCUT2D eigenvalue weighted by Crippen LogP contribution is 2.43. The number of hydrogen-bond acceptors (Lipinski definition) is 8. The van der Waals surface area contributed by atoms with Crippen LogP contribution >= 0.6 is 0 Å². The number of methoxy groups -OCH3 is 2. The third-order valence-corrected chi connectivity index (χ3v) is 5.09.